The van der Waals surface area contributed by atoms with Gasteiger partial charge in [0, 0.05) is 18.8 Å². The Kier molecular flexibility index (Phi) is 3.74. The molecule has 0 bridgehead atoms. The van der Waals surface area contributed by atoms with Crippen LogP contribution in [0, 0.1) is 0 Å². The lowest BCUT2D eigenvalue weighted by molar-refractivity contribution is 0.0897. The van der Waals surface area contributed by atoms with Crippen LogP contribution >= 0.6 is 0 Å². The number of nitrogens with zero attached hydrogens (tertiary/aromatic N) is 1. The first kappa shape index (κ1) is 11.4. The molecule has 2 rings (SSSR count). The second kappa shape index (κ2) is 5.27. The smallest absolute Gasteiger partial charge is 0.192 e. The minimum absolute atomic E-state index is 0.182. The fourth-order valence-electron chi connectivity index (χ4n) is 2.23. The molecule has 1 saturated heterocycles. The van der Waals surface area contributed by atoms with E-state index in [9.17, 15) is 4.79 Å². The van der Waals surface area contributed by atoms with Crippen molar-refractivity contribution in [1.82, 2.24) is 15.2 Å². The summed E-state index contributed by atoms with van der Waals surface area (Å²) in [5.74, 6) is 0.182. The van der Waals surface area contributed by atoms with Gasteiger partial charge in [0.25, 0.3) is 0 Å². The van der Waals surface area contributed by atoms with Crippen LogP contribution in [0.5, 0.6) is 0 Å². The summed E-state index contributed by atoms with van der Waals surface area (Å²) in [7, 11) is 1.99. The summed E-state index contributed by atoms with van der Waals surface area (Å²) in [5.41, 5.74) is 0.714. The van der Waals surface area contributed by atoms with Crippen molar-refractivity contribution in [3.05, 3.63) is 24.0 Å². The van der Waals surface area contributed by atoms with E-state index in [2.05, 4.69) is 15.2 Å². The highest BCUT2D eigenvalue weighted by atomic mass is 16.1. The van der Waals surface area contributed by atoms with Gasteiger partial charge in [-0.1, -0.05) is 0 Å². The van der Waals surface area contributed by atoms with Crippen LogP contribution in [-0.4, -0.2) is 48.4 Å². The molecule has 0 radical (unpaired) electrons. The predicted octanol–water partition coefficient (Wildman–Crippen LogP) is 0.881. The lowest BCUT2D eigenvalue weighted by Gasteiger charge is -2.31. The third-order valence-corrected chi connectivity index (χ3v) is 3.18. The summed E-state index contributed by atoms with van der Waals surface area (Å²) in [4.78, 5) is 17.1. The Bertz CT molecular complexity index is 334. The summed E-state index contributed by atoms with van der Waals surface area (Å²) in [6.45, 7) is 2.53. The monoisotopic (exact) mass is 221 g/mol. The van der Waals surface area contributed by atoms with E-state index in [1.54, 1.807) is 6.20 Å². The normalized spacial score (nSPS) is 22.2. The molecule has 1 aliphatic heterocycles. The van der Waals surface area contributed by atoms with Crippen molar-refractivity contribution >= 4 is 5.78 Å². The number of piperidine rings is 1. The molecule has 0 aliphatic carbocycles. The van der Waals surface area contributed by atoms with Gasteiger partial charge in [-0.2, -0.15) is 0 Å². The highest BCUT2D eigenvalue weighted by molar-refractivity contribution is 5.95. The molecule has 0 amide bonds. The van der Waals surface area contributed by atoms with Crippen molar-refractivity contribution in [3.8, 4) is 0 Å². The Labute approximate surface area is 96.0 Å². The third kappa shape index (κ3) is 2.71. The predicted molar refractivity (Wildman–Crippen MR) is 63.6 cm³/mol. The van der Waals surface area contributed by atoms with Crippen LogP contribution in [0.1, 0.15) is 23.3 Å². The maximum Gasteiger partial charge on any atom is 0.192 e. The Balaban J connectivity index is 1.87. The minimum atomic E-state index is 0.182. The largest absolute Gasteiger partial charge is 0.359 e. The topological polar surface area (TPSA) is 48.1 Å². The van der Waals surface area contributed by atoms with Crippen LogP contribution in [0.3, 0.4) is 0 Å². The first-order chi connectivity index (χ1) is 7.79. The summed E-state index contributed by atoms with van der Waals surface area (Å²) in [6.07, 6.45) is 4.17. The third-order valence-electron chi connectivity index (χ3n) is 3.18. The average molecular weight is 221 g/mol. The number of likely N-dealkylation sites (tertiary alicyclic amines) is 1. The molecule has 2 heterocycles. The average Bonchev–Trinajstić information content (AvgIpc) is 2.83. The number of nitrogens with one attached hydrogen (secondary N) is 2. The van der Waals surface area contributed by atoms with Gasteiger partial charge < -0.3 is 10.3 Å². The van der Waals surface area contributed by atoms with Crippen LogP contribution < -0.4 is 5.32 Å². The molecule has 4 nitrogen and oxygen atoms in total. The van der Waals surface area contributed by atoms with Gasteiger partial charge in [0.05, 0.1) is 12.2 Å². The van der Waals surface area contributed by atoms with E-state index < -0.39 is 0 Å². The number of hydrogen-bond donors (Lipinski definition) is 2. The Hall–Kier alpha value is -1.13. The van der Waals surface area contributed by atoms with Gasteiger partial charge in [0.2, 0.25) is 0 Å². The fourth-order valence-corrected chi connectivity index (χ4v) is 2.23. The highest BCUT2D eigenvalue weighted by Gasteiger charge is 2.20. The molecule has 1 aromatic rings. The number of H-pyrrole nitrogens is 1. The van der Waals surface area contributed by atoms with E-state index in [4.69, 9.17) is 0 Å². The van der Waals surface area contributed by atoms with Gasteiger partial charge in [0.1, 0.15) is 0 Å². The second-order valence-corrected chi connectivity index (χ2v) is 4.37. The first-order valence-electron chi connectivity index (χ1n) is 5.86. The number of ketones is 1. The van der Waals surface area contributed by atoms with Crippen LogP contribution in [0.15, 0.2) is 18.3 Å². The Morgan fingerprint density at radius 3 is 3.25 bits per heavy atom. The number of likely N-dealkylation sites (N-methyl/N-ethyl adjacent to an activating group) is 1. The van der Waals surface area contributed by atoms with Crippen LogP contribution in [-0.2, 0) is 0 Å². The van der Waals surface area contributed by atoms with E-state index in [1.807, 2.05) is 19.2 Å². The summed E-state index contributed by atoms with van der Waals surface area (Å²) in [5, 5.41) is 3.28. The number of carbonyl (C=O) groups excluding carboxylic acids is 1. The van der Waals surface area contributed by atoms with Gasteiger partial charge in [-0.15, -0.1) is 0 Å². The van der Waals surface area contributed by atoms with Crippen LogP contribution in [0.25, 0.3) is 0 Å². The standard InChI is InChI=1S/C12H19N3O/c1-13-10-4-3-7-15(8-10)9-12(16)11-5-2-6-14-11/h2,5-6,10,13-14H,3-4,7-9H2,1H3. The molecule has 1 unspecified atom stereocenters. The SMILES string of the molecule is CNC1CCCN(CC(=O)c2ccc[nH]2)C1. The molecule has 1 aromatic heterocycles. The van der Waals surface area contributed by atoms with Crippen molar-refractivity contribution in [3.63, 3.8) is 0 Å². The maximum atomic E-state index is 11.9. The highest BCUT2D eigenvalue weighted by Crippen LogP contribution is 2.10. The van der Waals surface area contributed by atoms with Gasteiger partial charge in [-0.3, -0.25) is 9.69 Å². The lowest BCUT2D eigenvalue weighted by Crippen LogP contribution is -2.46. The van der Waals surface area contributed by atoms with Crippen molar-refractivity contribution in [1.29, 1.82) is 0 Å². The molecule has 0 spiro atoms. The number of rotatable bonds is 4. The molecule has 2 N–H and O–H groups in total. The van der Waals surface area contributed by atoms with Gasteiger partial charge in [-0.05, 0) is 38.6 Å². The molecule has 4 heteroatoms. The first-order valence-corrected chi connectivity index (χ1v) is 5.86. The van der Waals surface area contributed by atoms with Crippen molar-refractivity contribution in [2.24, 2.45) is 0 Å². The summed E-state index contributed by atoms with van der Waals surface area (Å²) >= 11 is 0. The molecular formula is C12H19N3O. The number of aromatic nitrogens is 1. The zero-order valence-corrected chi connectivity index (χ0v) is 9.70. The second-order valence-electron chi connectivity index (χ2n) is 4.37. The maximum absolute atomic E-state index is 11.9. The molecule has 1 fully saturated rings. The molecule has 16 heavy (non-hydrogen) atoms. The molecule has 0 saturated carbocycles. The Morgan fingerprint density at radius 1 is 1.69 bits per heavy atom. The van der Waals surface area contributed by atoms with Crippen molar-refractivity contribution in [2.75, 3.05) is 26.7 Å². The Morgan fingerprint density at radius 2 is 2.56 bits per heavy atom. The summed E-state index contributed by atoms with van der Waals surface area (Å²) < 4.78 is 0. The van der Waals surface area contributed by atoms with E-state index >= 15 is 0 Å². The number of hydrogen-bond acceptors (Lipinski definition) is 3. The van der Waals surface area contributed by atoms with Crippen molar-refractivity contribution < 1.29 is 4.79 Å². The molecule has 0 aromatic carbocycles. The van der Waals surface area contributed by atoms with Gasteiger partial charge in [-0.25, -0.2) is 0 Å². The zero-order chi connectivity index (χ0) is 11.4. The van der Waals surface area contributed by atoms with Gasteiger partial charge in [0.15, 0.2) is 5.78 Å². The number of Topliss-reactive ketones (excluding diaryl/α,β-unsaturated/α-hetero) is 1. The van der Waals surface area contributed by atoms with E-state index in [0.717, 1.165) is 13.1 Å². The van der Waals surface area contributed by atoms with Crippen LogP contribution in [0.2, 0.25) is 0 Å². The lowest BCUT2D eigenvalue weighted by atomic mass is 10.1. The number of carbonyl (C=O) groups is 1. The quantitative estimate of drug-likeness (QED) is 0.742. The molecule has 88 valence electrons. The minimum Gasteiger partial charge on any atom is -0.359 e. The summed E-state index contributed by atoms with van der Waals surface area (Å²) in [6, 6.07) is 4.23. The fraction of sp³-hybridized carbons (Fsp3) is 0.583. The van der Waals surface area contributed by atoms with Crippen LogP contribution in [0.4, 0.5) is 0 Å². The van der Waals surface area contributed by atoms with E-state index in [1.165, 1.54) is 12.8 Å². The molecule has 1 aliphatic rings. The van der Waals surface area contributed by atoms with Crippen molar-refractivity contribution in [2.45, 2.75) is 18.9 Å². The number of aromatic amines is 1. The van der Waals surface area contributed by atoms with E-state index in [0.29, 0.717) is 18.3 Å². The zero-order valence-electron chi connectivity index (χ0n) is 9.70. The van der Waals surface area contributed by atoms with Gasteiger partial charge >= 0.3 is 0 Å². The van der Waals surface area contributed by atoms with E-state index in [-0.39, 0.29) is 5.78 Å². The molecule has 1 atom stereocenters. The molecular weight excluding hydrogens is 202 g/mol.